The molecular weight excluding hydrogens is 196 g/mol. The molecule has 0 fully saturated rings. The molecule has 88 valence electrons. The van der Waals surface area contributed by atoms with E-state index in [0.29, 0.717) is 6.42 Å². The second-order valence-electron chi connectivity index (χ2n) is 3.86. The van der Waals surface area contributed by atoms with Gasteiger partial charge in [0.25, 0.3) is 0 Å². The fourth-order valence-corrected chi connectivity index (χ4v) is 1.31. The Balaban J connectivity index is 4.61. The fraction of sp³-hybridized carbons (Fsp3) is 0.800. The first-order chi connectivity index (χ1) is 6.82. The number of nitrogens with zero attached hydrogens (tertiary/aromatic N) is 1. The molecular formula is C10H20N2O3. The van der Waals surface area contributed by atoms with Crippen molar-refractivity contribution in [2.45, 2.75) is 39.3 Å². The summed E-state index contributed by atoms with van der Waals surface area (Å²) >= 11 is 0. The van der Waals surface area contributed by atoms with Crippen LogP contribution in [0.5, 0.6) is 0 Å². The molecule has 5 heteroatoms. The number of carbonyl (C=O) groups is 2. The van der Waals surface area contributed by atoms with Crippen molar-refractivity contribution in [3.8, 4) is 0 Å². The number of amides is 1. The van der Waals surface area contributed by atoms with Gasteiger partial charge in [-0.2, -0.15) is 0 Å². The number of hydrogen-bond acceptors (Lipinski definition) is 3. The molecule has 15 heavy (non-hydrogen) atoms. The zero-order valence-electron chi connectivity index (χ0n) is 9.73. The van der Waals surface area contributed by atoms with Crippen LogP contribution in [0.4, 0.5) is 0 Å². The Morgan fingerprint density at radius 3 is 2.13 bits per heavy atom. The van der Waals surface area contributed by atoms with Gasteiger partial charge in [-0.05, 0) is 13.3 Å². The maximum absolute atomic E-state index is 11.8. The second-order valence-corrected chi connectivity index (χ2v) is 3.86. The first kappa shape index (κ1) is 13.9. The molecule has 5 nitrogen and oxygen atoms in total. The van der Waals surface area contributed by atoms with Crippen molar-refractivity contribution in [1.82, 2.24) is 4.90 Å². The van der Waals surface area contributed by atoms with Crippen LogP contribution in [0.15, 0.2) is 0 Å². The zero-order chi connectivity index (χ0) is 12.2. The Morgan fingerprint density at radius 1 is 1.40 bits per heavy atom. The van der Waals surface area contributed by atoms with Crippen molar-refractivity contribution < 1.29 is 14.7 Å². The van der Waals surface area contributed by atoms with E-state index < -0.39 is 12.0 Å². The minimum atomic E-state index is -0.981. The van der Waals surface area contributed by atoms with Gasteiger partial charge >= 0.3 is 5.97 Å². The third-order valence-electron chi connectivity index (χ3n) is 2.67. The summed E-state index contributed by atoms with van der Waals surface area (Å²) in [5.41, 5.74) is 5.60. The second kappa shape index (κ2) is 5.70. The van der Waals surface area contributed by atoms with E-state index >= 15 is 0 Å². The molecule has 0 radical (unpaired) electrons. The maximum Gasteiger partial charge on any atom is 0.326 e. The minimum absolute atomic E-state index is 0.223. The molecule has 0 saturated carbocycles. The number of aliphatic carboxylic acids is 1. The van der Waals surface area contributed by atoms with Crippen LogP contribution in [0.2, 0.25) is 0 Å². The number of nitrogens with two attached hydrogens (primary N) is 1. The lowest BCUT2D eigenvalue weighted by molar-refractivity contribution is -0.150. The largest absolute Gasteiger partial charge is 0.480 e. The van der Waals surface area contributed by atoms with Gasteiger partial charge in [0.05, 0.1) is 5.92 Å². The molecule has 0 saturated heterocycles. The van der Waals surface area contributed by atoms with Crippen LogP contribution < -0.4 is 5.73 Å². The van der Waals surface area contributed by atoms with E-state index in [4.69, 9.17) is 10.8 Å². The van der Waals surface area contributed by atoms with Crippen molar-refractivity contribution >= 4 is 11.9 Å². The highest BCUT2D eigenvalue weighted by Gasteiger charge is 2.29. The summed E-state index contributed by atoms with van der Waals surface area (Å²) in [5, 5.41) is 8.89. The lowest BCUT2D eigenvalue weighted by Gasteiger charge is -2.27. The van der Waals surface area contributed by atoms with Crippen LogP contribution in [0.3, 0.4) is 0 Å². The van der Waals surface area contributed by atoms with Crippen LogP contribution in [-0.4, -0.2) is 41.0 Å². The molecule has 3 atom stereocenters. The predicted octanol–water partition coefficient (Wildman–Crippen LogP) is 0.291. The van der Waals surface area contributed by atoms with Crippen molar-refractivity contribution in [1.29, 1.82) is 0 Å². The zero-order valence-corrected chi connectivity index (χ0v) is 9.73. The number of carboxylic acid groups (broad SMARTS) is 1. The van der Waals surface area contributed by atoms with Crippen LogP contribution >= 0.6 is 0 Å². The number of carbonyl (C=O) groups excluding carboxylic acids is 1. The van der Waals surface area contributed by atoms with Crippen LogP contribution in [0.1, 0.15) is 27.2 Å². The van der Waals surface area contributed by atoms with Gasteiger partial charge in [-0.3, -0.25) is 4.79 Å². The number of carboxylic acids is 1. The van der Waals surface area contributed by atoms with Gasteiger partial charge in [0.2, 0.25) is 5.91 Å². The summed E-state index contributed by atoms with van der Waals surface area (Å²) in [7, 11) is 1.50. The summed E-state index contributed by atoms with van der Waals surface area (Å²) in [6.07, 6.45) is 0.392. The number of likely N-dealkylation sites (N-methyl/N-ethyl adjacent to an activating group) is 1. The summed E-state index contributed by atoms with van der Waals surface area (Å²) < 4.78 is 0. The summed E-state index contributed by atoms with van der Waals surface area (Å²) in [4.78, 5) is 23.9. The van der Waals surface area contributed by atoms with E-state index in [-0.39, 0.29) is 17.9 Å². The number of rotatable bonds is 5. The fourth-order valence-electron chi connectivity index (χ4n) is 1.31. The average molecular weight is 216 g/mol. The standard InChI is InChI=1S/C10H20N2O3/c1-5-8(10(14)15)12(4)9(13)6(2)7(3)11/h6-8H,5,11H2,1-4H3,(H,14,15). The highest BCUT2D eigenvalue weighted by atomic mass is 16.4. The van der Waals surface area contributed by atoms with E-state index in [9.17, 15) is 9.59 Å². The van der Waals surface area contributed by atoms with E-state index in [1.807, 2.05) is 0 Å². The Bertz CT molecular complexity index is 241. The summed E-state index contributed by atoms with van der Waals surface area (Å²) in [5.74, 6) is -1.56. The van der Waals surface area contributed by atoms with Crippen molar-refractivity contribution in [3.05, 3.63) is 0 Å². The van der Waals surface area contributed by atoms with Gasteiger partial charge < -0.3 is 15.7 Å². The molecule has 0 rings (SSSR count). The average Bonchev–Trinajstić information content (AvgIpc) is 2.15. The normalized spacial score (nSPS) is 16.6. The van der Waals surface area contributed by atoms with Crippen LogP contribution in [0.25, 0.3) is 0 Å². The molecule has 0 spiro atoms. The van der Waals surface area contributed by atoms with Gasteiger partial charge in [-0.25, -0.2) is 4.79 Å². The Morgan fingerprint density at radius 2 is 1.87 bits per heavy atom. The monoisotopic (exact) mass is 216 g/mol. The van der Waals surface area contributed by atoms with Gasteiger partial charge in [0.1, 0.15) is 6.04 Å². The Labute approximate surface area is 90.2 Å². The van der Waals surface area contributed by atoms with Gasteiger partial charge in [0, 0.05) is 13.1 Å². The molecule has 0 heterocycles. The third kappa shape index (κ3) is 3.51. The molecule has 0 aliphatic rings. The smallest absolute Gasteiger partial charge is 0.326 e. The van der Waals surface area contributed by atoms with Gasteiger partial charge in [-0.1, -0.05) is 13.8 Å². The van der Waals surface area contributed by atoms with Crippen molar-refractivity contribution in [2.75, 3.05) is 7.05 Å². The molecule has 0 aromatic carbocycles. The topological polar surface area (TPSA) is 83.6 Å². The lowest BCUT2D eigenvalue weighted by atomic mass is 10.0. The first-order valence-electron chi connectivity index (χ1n) is 5.07. The Kier molecular flexibility index (Phi) is 5.28. The third-order valence-corrected chi connectivity index (χ3v) is 2.67. The van der Waals surface area contributed by atoms with Gasteiger partial charge in [0.15, 0.2) is 0 Å². The molecule has 3 unspecified atom stereocenters. The van der Waals surface area contributed by atoms with Gasteiger partial charge in [-0.15, -0.1) is 0 Å². The Hall–Kier alpha value is -1.10. The number of hydrogen-bond donors (Lipinski definition) is 2. The van der Waals surface area contributed by atoms with E-state index in [2.05, 4.69) is 0 Å². The molecule has 0 bridgehead atoms. The van der Waals surface area contributed by atoms with E-state index in [1.54, 1.807) is 20.8 Å². The quantitative estimate of drug-likeness (QED) is 0.692. The van der Waals surface area contributed by atoms with E-state index in [0.717, 1.165) is 0 Å². The SMILES string of the molecule is CCC(C(=O)O)N(C)C(=O)C(C)C(C)N. The highest BCUT2D eigenvalue weighted by Crippen LogP contribution is 2.10. The predicted molar refractivity (Wildman–Crippen MR) is 57.3 cm³/mol. The summed E-state index contributed by atoms with van der Waals surface area (Å²) in [6, 6.07) is -1.04. The lowest BCUT2D eigenvalue weighted by Crippen LogP contribution is -2.47. The van der Waals surface area contributed by atoms with Crippen molar-refractivity contribution in [2.24, 2.45) is 11.7 Å². The minimum Gasteiger partial charge on any atom is -0.480 e. The van der Waals surface area contributed by atoms with Crippen LogP contribution in [0, 0.1) is 5.92 Å². The molecule has 1 amide bonds. The molecule has 0 aromatic heterocycles. The molecule has 0 aromatic rings. The highest BCUT2D eigenvalue weighted by molar-refractivity contribution is 5.85. The molecule has 0 aliphatic heterocycles. The molecule has 3 N–H and O–H groups in total. The summed E-state index contributed by atoms with van der Waals surface area (Å²) in [6.45, 7) is 5.18. The van der Waals surface area contributed by atoms with Crippen molar-refractivity contribution in [3.63, 3.8) is 0 Å². The first-order valence-corrected chi connectivity index (χ1v) is 5.07. The maximum atomic E-state index is 11.8. The van der Waals surface area contributed by atoms with E-state index in [1.165, 1.54) is 11.9 Å². The van der Waals surface area contributed by atoms with Crippen LogP contribution in [-0.2, 0) is 9.59 Å². The molecule has 0 aliphatic carbocycles.